The summed E-state index contributed by atoms with van der Waals surface area (Å²) in [5, 5.41) is 0. The lowest BCUT2D eigenvalue weighted by Gasteiger charge is -2.32. The normalized spacial score (nSPS) is 12.5. The molecule has 17 heavy (non-hydrogen) atoms. The molecule has 0 aliphatic rings. The Balaban J connectivity index is 2.98. The smallest absolute Gasteiger partial charge is 0.0418 e. The Morgan fingerprint density at radius 1 is 1.29 bits per heavy atom. The van der Waals surface area contributed by atoms with Gasteiger partial charge in [-0.2, -0.15) is 0 Å². The van der Waals surface area contributed by atoms with Crippen molar-refractivity contribution < 1.29 is 0 Å². The average Bonchev–Trinajstić information content (AvgIpc) is 2.33. The van der Waals surface area contributed by atoms with Gasteiger partial charge in [0.25, 0.3) is 0 Å². The maximum Gasteiger partial charge on any atom is 0.0418 e. The molecule has 0 heterocycles. The highest BCUT2D eigenvalue weighted by atomic mass is 15.2. The van der Waals surface area contributed by atoms with E-state index in [1.165, 1.54) is 24.1 Å². The van der Waals surface area contributed by atoms with Crippen molar-refractivity contribution in [1.29, 1.82) is 0 Å². The fourth-order valence-electron chi connectivity index (χ4n) is 2.06. The van der Waals surface area contributed by atoms with Crippen molar-refractivity contribution >= 4 is 11.4 Å². The van der Waals surface area contributed by atoms with Crippen molar-refractivity contribution in [3.63, 3.8) is 0 Å². The van der Waals surface area contributed by atoms with Crippen LogP contribution in [-0.4, -0.2) is 12.6 Å². The van der Waals surface area contributed by atoms with Gasteiger partial charge in [0.05, 0.1) is 0 Å². The summed E-state index contributed by atoms with van der Waals surface area (Å²) in [7, 11) is 0. The molecule has 1 aromatic carbocycles. The molecule has 0 aliphatic heterocycles. The van der Waals surface area contributed by atoms with Crippen LogP contribution in [0, 0.1) is 6.92 Å². The van der Waals surface area contributed by atoms with Gasteiger partial charge >= 0.3 is 0 Å². The van der Waals surface area contributed by atoms with Crippen LogP contribution < -0.4 is 10.6 Å². The number of benzene rings is 1. The number of nitrogen functional groups attached to an aromatic ring is 1. The van der Waals surface area contributed by atoms with Gasteiger partial charge in [-0.05, 0) is 44.4 Å². The van der Waals surface area contributed by atoms with E-state index in [1.807, 2.05) is 6.07 Å². The lowest BCUT2D eigenvalue weighted by Crippen LogP contribution is -2.34. The third-order valence-corrected chi connectivity index (χ3v) is 3.42. The molecule has 0 aliphatic carbocycles. The minimum absolute atomic E-state index is 0.571. The second kappa shape index (κ2) is 6.53. The van der Waals surface area contributed by atoms with Crippen LogP contribution in [0.5, 0.6) is 0 Å². The summed E-state index contributed by atoms with van der Waals surface area (Å²) >= 11 is 0. The molecular formula is C15H26N2. The Labute approximate surface area is 106 Å². The van der Waals surface area contributed by atoms with Gasteiger partial charge in [0, 0.05) is 24.0 Å². The largest absolute Gasteiger partial charge is 0.399 e. The van der Waals surface area contributed by atoms with E-state index in [0.717, 1.165) is 18.7 Å². The van der Waals surface area contributed by atoms with Crippen LogP contribution in [0.4, 0.5) is 11.4 Å². The fourth-order valence-corrected chi connectivity index (χ4v) is 2.06. The number of hydrogen-bond acceptors (Lipinski definition) is 2. The van der Waals surface area contributed by atoms with Crippen LogP contribution in [0.2, 0.25) is 0 Å². The summed E-state index contributed by atoms with van der Waals surface area (Å²) in [6.45, 7) is 10.1. The summed E-state index contributed by atoms with van der Waals surface area (Å²) in [5.74, 6) is 0. The first kappa shape index (κ1) is 13.9. The highest BCUT2D eigenvalue weighted by Crippen LogP contribution is 2.26. The Hall–Kier alpha value is -1.18. The predicted molar refractivity (Wildman–Crippen MR) is 77.6 cm³/mol. The molecule has 2 N–H and O–H groups in total. The number of rotatable bonds is 6. The maximum absolute atomic E-state index is 5.91. The molecule has 0 fully saturated rings. The number of nitrogens with zero attached hydrogens (tertiary/aromatic N) is 1. The Bertz CT molecular complexity index is 347. The van der Waals surface area contributed by atoms with Crippen molar-refractivity contribution in [2.75, 3.05) is 17.2 Å². The molecule has 0 amide bonds. The number of aryl methyl sites for hydroxylation is 1. The zero-order valence-corrected chi connectivity index (χ0v) is 11.7. The van der Waals surface area contributed by atoms with Crippen LogP contribution in [0.3, 0.4) is 0 Å². The molecule has 1 rings (SSSR count). The lowest BCUT2D eigenvalue weighted by atomic mass is 10.1. The third kappa shape index (κ3) is 3.65. The van der Waals surface area contributed by atoms with Gasteiger partial charge in [0.1, 0.15) is 0 Å². The molecule has 1 aromatic rings. The van der Waals surface area contributed by atoms with Gasteiger partial charge in [-0.25, -0.2) is 0 Å². The topological polar surface area (TPSA) is 29.3 Å². The van der Waals surface area contributed by atoms with Gasteiger partial charge < -0.3 is 10.6 Å². The maximum atomic E-state index is 5.91. The summed E-state index contributed by atoms with van der Waals surface area (Å²) in [5.41, 5.74) is 9.38. The lowest BCUT2D eigenvalue weighted by molar-refractivity contribution is 0.595. The standard InChI is InChI=1S/C15H26N2/c1-5-7-10-17(13(4)6-2)15-11-14(16)9-8-12(15)3/h8-9,11,13H,5-7,10,16H2,1-4H3. The SMILES string of the molecule is CCCCN(c1cc(N)ccc1C)C(C)CC. The van der Waals surface area contributed by atoms with E-state index in [4.69, 9.17) is 5.73 Å². The number of nitrogens with two attached hydrogens (primary N) is 1. The van der Waals surface area contributed by atoms with E-state index in [-0.39, 0.29) is 0 Å². The molecule has 2 heteroatoms. The molecule has 1 atom stereocenters. The highest BCUT2D eigenvalue weighted by Gasteiger charge is 2.14. The molecule has 0 spiro atoms. The number of hydrogen-bond donors (Lipinski definition) is 1. The van der Waals surface area contributed by atoms with Crippen molar-refractivity contribution in [1.82, 2.24) is 0 Å². The summed E-state index contributed by atoms with van der Waals surface area (Å²) in [4.78, 5) is 2.50. The first-order chi connectivity index (χ1) is 8.10. The fraction of sp³-hybridized carbons (Fsp3) is 0.600. The Kier molecular flexibility index (Phi) is 5.33. The Morgan fingerprint density at radius 3 is 2.59 bits per heavy atom. The molecule has 0 aromatic heterocycles. The van der Waals surface area contributed by atoms with Crippen LogP contribution in [0.1, 0.15) is 45.6 Å². The zero-order valence-electron chi connectivity index (χ0n) is 11.7. The second-order valence-corrected chi connectivity index (χ2v) is 4.85. The second-order valence-electron chi connectivity index (χ2n) is 4.85. The summed E-state index contributed by atoms with van der Waals surface area (Å²) in [6.07, 6.45) is 3.63. The van der Waals surface area contributed by atoms with Crippen LogP contribution in [0.15, 0.2) is 18.2 Å². The average molecular weight is 234 g/mol. The predicted octanol–water partition coefficient (Wildman–Crippen LogP) is 3.98. The van der Waals surface area contributed by atoms with E-state index in [1.54, 1.807) is 0 Å². The number of unbranched alkanes of at least 4 members (excludes halogenated alkanes) is 1. The third-order valence-electron chi connectivity index (χ3n) is 3.42. The molecule has 2 nitrogen and oxygen atoms in total. The molecule has 0 saturated heterocycles. The van der Waals surface area contributed by atoms with Crippen molar-refractivity contribution in [2.45, 2.75) is 53.0 Å². The quantitative estimate of drug-likeness (QED) is 0.754. The molecule has 0 radical (unpaired) electrons. The van der Waals surface area contributed by atoms with Gasteiger partial charge in [-0.3, -0.25) is 0 Å². The van der Waals surface area contributed by atoms with Crippen molar-refractivity contribution in [3.8, 4) is 0 Å². The van der Waals surface area contributed by atoms with Crippen LogP contribution in [-0.2, 0) is 0 Å². The molecule has 0 bridgehead atoms. The molecule has 0 saturated carbocycles. The van der Waals surface area contributed by atoms with Gasteiger partial charge in [-0.15, -0.1) is 0 Å². The summed E-state index contributed by atoms with van der Waals surface area (Å²) in [6, 6.07) is 6.78. The van der Waals surface area contributed by atoms with Crippen molar-refractivity contribution in [3.05, 3.63) is 23.8 Å². The summed E-state index contributed by atoms with van der Waals surface area (Å²) < 4.78 is 0. The minimum Gasteiger partial charge on any atom is -0.399 e. The van der Waals surface area contributed by atoms with Crippen LogP contribution in [0.25, 0.3) is 0 Å². The van der Waals surface area contributed by atoms with E-state index < -0.39 is 0 Å². The van der Waals surface area contributed by atoms with E-state index in [9.17, 15) is 0 Å². The van der Waals surface area contributed by atoms with E-state index in [2.05, 4.69) is 44.7 Å². The molecule has 96 valence electrons. The van der Waals surface area contributed by atoms with Crippen LogP contribution >= 0.6 is 0 Å². The van der Waals surface area contributed by atoms with Gasteiger partial charge in [0.2, 0.25) is 0 Å². The monoisotopic (exact) mass is 234 g/mol. The minimum atomic E-state index is 0.571. The van der Waals surface area contributed by atoms with Crippen molar-refractivity contribution in [2.24, 2.45) is 0 Å². The molecular weight excluding hydrogens is 208 g/mol. The van der Waals surface area contributed by atoms with E-state index in [0.29, 0.717) is 6.04 Å². The molecule has 1 unspecified atom stereocenters. The Morgan fingerprint density at radius 2 is 2.00 bits per heavy atom. The first-order valence-electron chi connectivity index (χ1n) is 6.72. The number of anilines is 2. The zero-order chi connectivity index (χ0) is 12.8. The van der Waals surface area contributed by atoms with Gasteiger partial charge in [0.15, 0.2) is 0 Å². The highest BCUT2D eigenvalue weighted by molar-refractivity contribution is 5.61. The van der Waals surface area contributed by atoms with Gasteiger partial charge in [-0.1, -0.05) is 26.3 Å². The first-order valence-corrected chi connectivity index (χ1v) is 6.72. The van der Waals surface area contributed by atoms with E-state index >= 15 is 0 Å².